The van der Waals surface area contributed by atoms with Crippen molar-refractivity contribution in [3.8, 4) is 11.5 Å². The average molecular weight is 431 g/mol. The normalized spacial score (nSPS) is 10.8. The molecule has 0 aliphatic carbocycles. The number of benzene rings is 2. The van der Waals surface area contributed by atoms with Crippen molar-refractivity contribution in [1.82, 2.24) is 19.9 Å². The third-order valence-electron chi connectivity index (χ3n) is 5.16. The van der Waals surface area contributed by atoms with Gasteiger partial charge < -0.3 is 19.4 Å². The van der Waals surface area contributed by atoms with Crippen molar-refractivity contribution in [2.24, 2.45) is 0 Å². The first-order valence-electron chi connectivity index (χ1n) is 10.6. The van der Waals surface area contributed by atoms with Crippen molar-refractivity contribution < 1.29 is 14.3 Å². The summed E-state index contributed by atoms with van der Waals surface area (Å²) in [6, 6.07) is 19.1. The number of rotatable bonds is 10. The number of pyridine rings is 1. The fraction of sp³-hybridized carbons (Fsp3) is 0.240. The van der Waals surface area contributed by atoms with E-state index >= 15 is 0 Å². The molecule has 32 heavy (non-hydrogen) atoms. The molecule has 0 radical (unpaired) electrons. The zero-order chi connectivity index (χ0) is 22.2. The van der Waals surface area contributed by atoms with E-state index in [1.54, 1.807) is 31.6 Å². The Hall–Kier alpha value is -3.87. The lowest BCUT2D eigenvalue weighted by atomic mass is 10.2. The Balaban J connectivity index is 1.37. The van der Waals surface area contributed by atoms with E-state index in [0.717, 1.165) is 41.2 Å². The second kappa shape index (κ2) is 10.4. The zero-order valence-corrected chi connectivity index (χ0v) is 18.0. The van der Waals surface area contributed by atoms with E-state index in [4.69, 9.17) is 14.5 Å². The first-order chi connectivity index (χ1) is 15.7. The van der Waals surface area contributed by atoms with Gasteiger partial charge in [0.1, 0.15) is 23.9 Å². The van der Waals surface area contributed by atoms with Crippen LogP contribution < -0.4 is 14.8 Å². The van der Waals surface area contributed by atoms with Crippen molar-refractivity contribution in [3.63, 3.8) is 0 Å². The van der Waals surface area contributed by atoms with Crippen LogP contribution in [0.2, 0.25) is 0 Å². The molecule has 0 saturated heterocycles. The van der Waals surface area contributed by atoms with E-state index in [1.165, 1.54) is 0 Å². The fourth-order valence-corrected chi connectivity index (χ4v) is 3.57. The van der Waals surface area contributed by atoms with E-state index in [9.17, 15) is 4.79 Å². The summed E-state index contributed by atoms with van der Waals surface area (Å²) in [5.41, 5.74) is 2.66. The summed E-state index contributed by atoms with van der Waals surface area (Å²) in [6.07, 6.45) is 4.77. The maximum absolute atomic E-state index is 12.2. The first kappa shape index (κ1) is 21.4. The van der Waals surface area contributed by atoms with Crippen LogP contribution >= 0.6 is 0 Å². The summed E-state index contributed by atoms with van der Waals surface area (Å²) >= 11 is 0. The molecule has 1 N–H and O–H groups in total. The maximum Gasteiger partial charge on any atom is 0.251 e. The predicted molar refractivity (Wildman–Crippen MR) is 123 cm³/mol. The van der Waals surface area contributed by atoms with E-state index in [0.29, 0.717) is 25.3 Å². The number of aromatic nitrogens is 3. The van der Waals surface area contributed by atoms with Crippen molar-refractivity contribution >= 4 is 16.9 Å². The van der Waals surface area contributed by atoms with Gasteiger partial charge >= 0.3 is 0 Å². The van der Waals surface area contributed by atoms with Crippen LogP contribution in [-0.4, -0.2) is 40.7 Å². The van der Waals surface area contributed by atoms with Gasteiger partial charge in [-0.15, -0.1) is 0 Å². The van der Waals surface area contributed by atoms with Crippen LogP contribution in [0.1, 0.15) is 22.6 Å². The molecular formula is C25H26N4O3. The standard InChI is InChI=1S/C25H26N4O3/c1-31-20-6-4-7-21(18-20)32-17-16-29-23-9-3-2-8-22(23)28-24(29)10-5-13-27-25(30)19-11-14-26-15-12-19/h2-4,6-9,11-12,14-15,18H,5,10,13,16-17H2,1H3,(H,27,30). The Morgan fingerprint density at radius 3 is 2.69 bits per heavy atom. The van der Waals surface area contributed by atoms with Gasteiger partial charge in [0, 0.05) is 37.0 Å². The number of amides is 1. The van der Waals surface area contributed by atoms with Crippen LogP contribution in [0.3, 0.4) is 0 Å². The van der Waals surface area contributed by atoms with Crippen LogP contribution in [0.25, 0.3) is 11.0 Å². The van der Waals surface area contributed by atoms with Gasteiger partial charge in [0.25, 0.3) is 5.91 Å². The molecule has 7 nitrogen and oxygen atoms in total. The molecule has 2 aromatic carbocycles. The van der Waals surface area contributed by atoms with Crippen molar-refractivity contribution in [2.75, 3.05) is 20.3 Å². The Bertz CT molecular complexity index is 1170. The molecule has 4 aromatic rings. The second-order valence-corrected chi connectivity index (χ2v) is 7.29. The van der Waals surface area contributed by atoms with Gasteiger partial charge in [0.15, 0.2) is 0 Å². The Morgan fingerprint density at radius 1 is 1.03 bits per heavy atom. The topological polar surface area (TPSA) is 78.3 Å². The molecule has 1 amide bonds. The molecule has 0 aliphatic heterocycles. The summed E-state index contributed by atoms with van der Waals surface area (Å²) < 4.78 is 13.4. The van der Waals surface area contributed by atoms with Gasteiger partial charge in [-0.05, 0) is 42.8 Å². The highest BCUT2D eigenvalue weighted by Crippen LogP contribution is 2.20. The predicted octanol–water partition coefficient (Wildman–Crippen LogP) is 3.88. The number of hydrogen-bond acceptors (Lipinski definition) is 5. The summed E-state index contributed by atoms with van der Waals surface area (Å²) in [6.45, 7) is 1.76. The molecule has 0 aliphatic rings. The number of methoxy groups -OCH3 is 1. The number of hydrogen-bond donors (Lipinski definition) is 1. The van der Waals surface area contributed by atoms with E-state index in [2.05, 4.69) is 20.9 Å². The molecule has 0 fully saturated rings. The number of carbonyl (C=O) groups excluding carboxylic acids is 1. The van der Waals surface area contributed by atoms with E-state index in [-0.39, 0.29) is 5.91 Å². The number of nitrogens with zero attached hydrogens (tertiary/aromatic N) is 3. The molecule has 0 saturated carbocycles. The number of ether oxygens (including phenoxy) is 2. The highest BCUT2D eigenvalue weighted by Gasteiger charge is 2.11. The van der Waals surface area contributed by atoms with Crippen LogP contribution in [0.15, 0.2) is 73.1 Å². The minimum absolute atomic E-state index is 0.0902. The highest BCUT2D eigenvalue weighted by atomic mass is 16.5. The number of nitrogens with one attached hydrogen (secondary N) is 1. The van der Waals surface area contributed by atoms with Gasteiger partial charge in [-0.25, -0.2) is 4.98 Å². The summed E-state index contributed by atoms with van der Waals surface area (Å²) in [7, 11) is 1.64. The number of fused-ring (bicyclic) bond motifs is 1. The number of imidazole rings is 1. The molecule has 0 spiro atoms. The lowest BCUT2D eigenvalue weighted by molar-refractivity contribution is 0.0953. The number of para-hydroxylation sites is 2. The summed E-state index contributed by atoms with van der Waals surface area (Å²) in [4.78, 5) is 20.9. The Kier molecular flexibility index (Phi) is 6.97. The van der Waals surface area contributed by atoms with Crippen molar-refractivity contribution in [1.29, 1.82) is 0 Å². The van der Waals surface area contributed by atoms with Gasteiger partial charge in [0.05, 0.1) is 24.7 Å². The molecule has 4 rings (SSSR count). The minimum Gasteiger partial charge on any atom is -0.497 e. The van der Waals surface area contributed by atoms with Gasteiger partial charge in [-0.2, -0.15) is 0 Å². The van der Waals surface area contributed by atoms with Crippen LogP contribution in [-0.2, 0) is 13.0 Å². The number of carbonyl (C=O) groups is 1. The average Bonchev–Trinajstić information content (AvgIpc) is 3.20. The molecule has 164 valence electrons. The molecule has 0 bridgehead atoms. The van der Waals surface area contributed by atoms with Crippen molar-refractivity contribution in [3.05, 3.63) is 84.4 Å². The molecular weight excluding hydrogens is 404 g/mol. The first-order valence-corrected chi connectivity index (χ1v) is 10.6. The largest absolute Gasteiger partial charge is 0.497 e. The third kappa shape index (κ3) is 5.24. The molecule has 0 atom stereocenters. The van der Waals surface area contributed by atoms with Gasteiger partial charge in [0.2, 0.25) is 0 Å². The number of aryl methyl sites for hydroxylation is 1. The highest BCUT2D eigenvalue weighted by molar-refractivity contribution is 5.93. The van der Waals surface area contributed by atoms with Crippen molar-refractivity contribution in [2.45, 2.75) is 19.4 Å². The summed E-state index contributed by atoms with van der Waals surface area (Å²) in [5.74, 6) is 2.44. The molecule has 2 heterocycles. The Labute approximate surface area is 187 Å². The second-order valence-electron chi connectivity index (χ2n) is 7.29. The van der Waals surface area contributed by atoms with Gasteiger partial charge in [-0.3, -0.25) is 9.78 Å². The SMILES string of the molecule is COc1cccc(OCCn2c(CCCNC(=O)c3ccncc3)nc3ccccc32)c1. The quantitative estimate of drug-likeness (QED) is 0.386. The monoisotopic (exact) mass is 430 g/mol. The zero-order valence-electron chi connectivity index (χ0n) is 18.0. The minimum atomic E-state index is -0.0902. The lowest BCUT2D eigenvalue weighted by Crippen LogP contribution is -2.25. The maximum atomic E-state index is 12.2. The van der Waals surface area contributed by atoms with Crippen LogP contribution in [0.4, 0.5) is 0 Å². The van der Waals surface area contributed by atoms with Crippen LogP contribution in [0, 0.1) is 0 Å². The third-order valence-corrected chi connectivity index (χ3v) is 5.16. The van der Waals surface area contributed by atoms with Gasteiger partial charge in [-0.1, -0.05) is 18.2 Å². The smallest absolute Gasteiger partial charge is 0.251 e. The molecule has 7 heteroatoms. The summed E-state index contributed by atoms with van der Waals surface area (Å²) in [5, 5.41) is 2.96. The fourth-order valence-electron chi connectivity index (χ4n) is 3.57. The molecule has 0 unspecified atom stereocenters. The lowest BCUT2D eigenvalue weighted by Gasteiger charge is -2.12. The van der Waals surface area contributed by atoms with Crippen LogP contribution in [0.5, 0.6) is 11.5 Å². The Morgan fingerprint density at radius 2 is 1.84 bits per heavy atom. The van der Waals surface area contributed by atoms with E-state index < -0.39 is 0 Å². The van der Waals surface area contributed by atoms with E-state index in [1.807, 2.05) is 42.5 Å². The molecule has 2 aromatic heterocycles.